The van der Waals surface area contributed by atoms with E-state index in [2.05, 4.69) is 26.2 Å². The number of ether oxygens (including phenoxy) is 2. The number of rotatable bonds is 6. The number of nitrogens with one attached hydrogen (secondary N) is 1. The third kappa shape index (κ3) is 3.19. The van der Waals surface area contributed by atoms with Gasteiger partial charge in [0.2, 0.25) is 0 Å². The summed E-state index contributed by atoms with van der Waals surface area (Å²) in [6.07, 6.45) is 8.24. The van der Waals surface area contributed by atoms with Crippen LogP contribution in [-0.4, -0.2) is 30.5 Å². The lowest BCUT2D eigenvalue weighted by molar-refractivity contribution is -0.127. The van der Waals surface area contributed by atoms with Crippen molar-refractivity contribution < 1.29 is 9.47 Å². The van der Waals surface area contributed by atoms with Crippen LogP contribution in [0.15, 0.2) is 0 Å². The summed E-state index contributed by atoms with van der Waals surface area (Å²) in [4.78, 5) is 0. The zero-order chi connectivity index (χ0) is 14.6. The van der Waals surface area contributed by atoms with E-state index in [1.54, 1.807) is 0 Å². The van der Waals surface area contributed by atoms with Gasteiger partial charge < -0.3 is 9.47 Å². The van der Waals surface area contributed by atoms with Gasteiger partial charge in [-0.15, -0.1) is 0 Å². The normalized spacial score (nSPS) is 30.3. The lowest BCUT2D eigenvalue weighted by Gasteiger charge is -2.46. The molecule has 2 fully saturated rings. The first-order valence-electron chi connectivity index (χ1n) is 8.33. The largest absolute Gasteiger partial charge is 0.375 e. The van der Waals surface area contributed by atoms with E-state index in [-0.39, 0.29) is 17.2 Å². The molecular formula is C16H32N2O2. The fourth-order valence-corrected chi connectivity index (χ4v) is 4.27. The molecule has 20 heavy (non-hydrogen) atoms. The molecule has 1 heterocycles. The molecule has 2 aliphatic rings. The van der Waals surface area contributed by atoms with Crippen molar-refractivity contribution >= 4 is 0 Å². The summed E-state index contributed by atoms with van der Waals surface area (Å²) in [5, 5.41) is 0. The number of hydrogen-bond acceptors (Lipinski definition) is 4. The van der Waals surface area contributed by atoms with Gasteiger partial charge >= 0.3 is 0 Å². The van der Waals surface area contributed by atoms with Gasteiger partial charge in [-0.3, -0.25) is 11.3 Å². The SMILES string of the molecule is CCOC(C)(CC)C(NN)C1CCOC2(CCCC2)C1. The van der Waals surface area contributed by atoms with Crippen LogP contribution < -0.4 is 11.3 Å². The van der Waals surface area contributed by atoms with Crippen LogP contribution in [0.4, 0.5) is 0 Å². The van der Waals surface area contributed by atoms with Gasteiger partial charge in [-0.2, -0.15) is 0 Å². The highest BCUT2D eigenvalue weighted by atomic mass is 16.5. The van der Waals surface area contributed by atoms with E-state index in [1.807, 2.05) is 0 Å². The Morgan fingerprint density at radius 2 is 2.10 bits per heavy atom. The molecule has 3 N–H and O–H groups in total. The minimum Gasteiger partial charge on any atom is -0.375 e. The molecule has 1 saturated carbocycles. The third-order valence-corrected chi connectivity index (χ3v) is 5.53. The summed E-state index contributed by atoms with van der Waals surface area (Å²) >= 11 is 0. The summed E-state index contributed by atoms with van der Waals surface area (Å²) in [6.45, 7) is 8.04. The average molecular weight is 284 g/mol. The van der Waals surface area contributed by atoms with Crippen molar-refractivity contribution in [1.29, 1.82) is 0 Å². The Kier molecular flexibility index (Phi) is 5.46. The number of nitrogens with two attached hydrogens (primary N) is 1. The van der Waals surface area contributed by atoms with Gasteiger partial charge in [-0.05, 0) is 51.9 Å². The van der Waals surface area contributed by atoms with Crippen molar-refractivity contribution in [3.05, 3.63) is 0 Å². The summed E-state index contributed by atoms with van der Waals surface area (Å²) in [7, 11) is 0. The van der Waals surface area contributed by atoms with E-state index in [4.69, 9.17) is 15.3 Å². The van der Waals surface area contributed by atoms with Crippen molar-refractivity contribution in [2.45, 2.75) is 83.0 Å². The molecule has 0 bridgehead atoms. The predicted octanol–water partition coefficient (Wildman–Crippen LogP) is 2.76. The topological polar surface area (TPSA) is 56.5 Å². The van der Waals surface area contributed by atoms with E-state index in [9.17, 15) is 0 Å². The predicted molar refractivity (Wildman–Crippen MR) is 81.3 cm³/mol. The average Bonchev–Trinajstić information content (AvgIpc) is 2.88. The third-order valence-electron chi connectivity index (χ3n) is 5.53. The van der Waals surface area contributed by atoms with Gasteiger partial charge in [0.25, 0.3) is 0 Å². The molecule has 0 aromatic rings. The Morgan fingerprint density at radius 1 is 1.40 bits per heavy atom. The van der Waals surface area contributed by atoms with Crippen LogP contribution in [0.3, 0.4) is 0 Å². The first kappa shape index (κ1) is 16.2. The fraction of sp³-hybridized carbons (Fsp3) is 1.00. The molecule has 3 atom stereocenters. The second kappa shape index (κ2) is 6.73. The Labute approximate surface area is 123 Å². The van der Waals surface area contributed by atoms with Crippen LogP contribution in [0.5, 0.6) is 0 Å². The molecular weight excluding hydrogens is 252 g/mol. The Balaban J connectivity index is 2.10. The molecule has 0 aromatic heterocycles. The maximum absolute atomic E-state index is 6.15. The lowest BCUT2D eigenvalue weighted by Crippen LogP contribution is -2.59. The van der Waals surface area contributed by atoms with Crippen molar-refractivity contribution in [3.63, 3.8) is 0 Å². The Bertz CT molecular complexity index is 305. The highest BCUT2D eigenvalue weighted by Gasteiger charge is 2.46. The molecule has 4 nitrogen and oxygen atoms in total. The smallest absolute Gasteiger partial charge is 0.0820 e. The fourth-order valence-electron chi connectivity index (χ4n) is 4.27. The standard InChI is InChI=1S/C16H32N2O2/c1-4-15(3,19-5-2)14(18-17)13-8-11-20-16(12-13)9-6-7-10-16/h13-14,18H,4-12,17H2,1-3H3. The van der Waals surface area contributed by atoms with E-state index in [0.29, 0.717) is 5.92 Å². The molecule has 2 rings (SSSR count). The van der Waals surface area contributed by atoms with Crippen molar-refractivity contribution in [1.82, 2.24) is 5.43 Å². The van der Waals surface area contributed by atoms with Gasteiger partial charge in [-0.25, -0.2) is 0 Å². The van der Waals surface area contributed by atoms with Gasteiger partial charge in [0.1, 0.15) is 0 Å². The Morgan fingerprint density at radius 3 is 2.65 bits per heavy atom. The van der Waals surface area contributed by atoms with E-state index in [0.717, 1.165) is 32.5 Å². The van der Waals surface area contributed by atoms with Crippen LogP contribution in [0, 0.1) is 5.92 Å². The van der Waals surface area contributed by atoms with Crippen LogP contribution in [0.1, 0.15) is 65.7 Å². The van der Waals surface area contributed by atoms with Crippen LogP contribution >= 0.6 is 0 Å². The van der Waals surface area contributed by atoms with E-state index < -0.39 is 0 Å². The summed E-state index contributed by atoms with van der Waals surface area (Å²) in [5.41, 5.74) is 3.02. The molecule has 0 amide bonds. The molecule has 118 valence electrons. The summed E-state index contributed by atoms with van der Waals surface area (Å²) in [5.74, 6) is 6.46. The van der Waals surface area contributed by atoms with Gasteiger partial charge in [-0.1, -0.05) is 19.8 Å². The first-order valence-corrected chi connectivity index (χ1v) is 8.33. The van der Waals surface area contributed by atoms with Crippen LogP contribution in [-0.2, 0) is 9.47 Å². The quantitative estimate of drug-likeness (QED) is 0.582. The molecule has 1 aliphatic carbocycles. The van der Waals surface area contributed by atoms with Crippen LogP contribution in [0.2, 0.25) is 0 Å². The minimum atomic E-state index is -0.189. The second-order valence-corrected chi connectivity index (χ2v) is 6.74. The highest BCUT2D eigenvalue weighted by Crippen LogP contribution is 2.44. The molecule has 1 aliphatic heterocycles. The summed E-state index contributed by atoms with van der Waals surface area (Å²) in [6, 6.07) is 0.203. The minimum absolute atomic E-state index is 0.138. The van der Waals surface area contributed by atoms with E-state index in [1.165, 1.54) is 25.7 Å². The molecule has 1 saturated heterocycles. The van der Waals surface area contributed by atoms with Crippen molar-refractivity contribution in [3.8, 4) is 0 Å². The van der Waals surface area contributed by atoms with Gasteiger partial charge in [0.05, 0.1) is 17.2 Å². The molecule has 0 radical (unpaired) electrons. The molecule has 0 aromatic carbocycles. The molecule has 4 heteroatoms. The van der Waals surface area contributed by atoms with Crippen molar-refractivity contribution in [2.75, 3.05) is 13.2 Å². The second-order valence-electron chi connectivity index (χ2n) is 6.74. The number of hydrazine groups is 1. The highest BCUT2D eigenvalue weighted by molar-refractivity contribution is 4.99. The zero-order valence-electron chi connectivity index (χ0n) is 13.4. The zero-order valence-corrected chi connectivity index (χ0v) is 13.4. The van der Waals surface area contributed by atoms with E-state index >= 15 is 0 Å². The van der Waals surface area contributed by atoms with Gasteiger partial charge in [0, 0.05) is 13.2 Å². The molecule has 1 spiro atoms. The summed E-state index contributed by atoms with van der Waals surface area (Å²) < 4.78 is 12.2. The number of hydrogen-bond donors (Lipinski definition) is 2. The van der Waals surface area contributed by atoms with Crippen molar-refractivity contribution in [2.24, 2.45) is 11.8 Å². The monoisotopic (exact) mass is 284 g/mol. The van der Waals surface area contributed by atoms with Crippen LogP contribution in [0.25, 0.3) is 0 Å². The maximum atomic E-state index is 6.15. The first-order chi connectivity index (χ1) is 9.59. The Hall–Kier alpha value is -0.160. The maximum Gasteiger partial charge on any atom is 0.0820 e. The lowest BCUT2D eigenvalue weighted by atomic mass is 9.75. The van der Waals surface area contributed by atoms with Gasteiger partial charge in [0.15, 0.2) is 0 Å². The molecule has 3 unspecified atom stereocenters.